The van der Waals surface area contributed by atoms with E-state index in [9.17, 15) is 0 Å². The number of hydrogen-bond donors (Lipinski definition) is 1. The summed E-state index contributed by atoms with van der Waals surface area (Å²) in [6.45, 7) is 9.88. The fourth-order valence-electron chi connectivity index (χ4n) is 3.06. The molecule has 1 heterocycles. The second-order valence-corrected chi connectivity index (χ2v) is 5.89. The molecule has 0 bridgehead atoms. The van der Waals surface area contributed by atoms with E-state index in [0.717, 1.165) is 32.8 Å². The molecule has 100 valence electrons. The molecule has 0 radical (unpaired) electrons. The quantitative estimate of drug-likeness (QED) is 0.813. The predicted octanol–water partition coefficient (Wildman–Crippen LogP) is 2.02. The van der Waals surface area contributed by atoms with Gasteiger partial charge in [0.05, 0.1) is 12.7 Å². The van der Waals surface area contributed by atoms with Gasteiger partial charge in [-0.2, -0.15) is 0 Å². The fraction of sp³-hybridized carbons (Fsp3) is 1.00. The van der Waals surface area contributed by atoms with Crippen LogP contribution in [-0.4, -0.2) is 49.3 Å². The van der Waals surface area contributed by atoms with Crippen molar-refractivity contribution in [3.05, 3.63) is 0 Å². The summed E-state index contributed by atoms with van der Waals surface area (Å²) in [6, 6.07) is 0. The zero-order valence-corrected chi connectivity index (χ0v) is 11.5. The molecule has 2 fully saturated rings. The van der Waals surface area contributed by atoms with E-state index < -0.39 is 0 Å². The van der Waals surface area contributed by atoms with E-state index in [1.165, 1.54) is 32.1 Å². The maximum absolute atomic E-state index is 5.84. The lowest BCUT2D eigenvalue weighted by Crippen LogP contribution is -2.52. The second-order valence-electron chi connectivity index (χ2n) is 5.89. The van der Waals surface area contributed by atoms with Gasteiger partial charge in [-0.05, 0) is 26.3 Å². The van der Waals surface area contributed by atoms with Crippen molar-refractivity contribution in [2.45, 2.75) is 57.6 Å². The first-order chi connectivity index (χ1) is 8.22. The molecule has 1 saturated heterocycles. The van der Waals surface area contributed by atoms with E-state index in [-0.39, 0.29) is 0 Å². The Bertz CT molecular complexity index is 226. The molecule has 3 nitrogen and oxygen atoms in total. The number of hydrogen-bond acceptors (Lipinski definition) is 3. The van der Waals surface area contributed by atoms with E-state index in [0.29, 0.717) is 11.6 Å². The summed E-state index contributed by atoms with van der Waals surface area (Å²) in [5, 5.41) is 3.76. The number of morpholine rings is 1. The molecule has 1 unspecified atom stereocenters. The van der Waals surface area contributed by atoms with Crippen LogP contribution in [0.4, 0.5) is 0 Å². The van der Waals surface area contributed by atoms with Crippen LogP contribution in [0.15, 0.2) is 0 Å². The molecular weight excluding hydrogens is 212 g/mol. The molecule has 1 N–H and O–H groups in total. The fourth-order valence-corrected chi connectivity index (χ4v) is 3.06. The van der Waals surface area contributed by atoms with Crippen LogP contribution in [0.2, 0.25) is 0 Å². The highest BCUT2D eigenvalue weighted by atomic mass is 16.5. The van der Waals surface area contributed by atoms with Crippen LogP contribution in [0, 0.1) is 0 Å². The SMILES string of the molecule is CCN1CCOC(CNC2(C)CCCCC2)C1. The first-order valence-corrected chi connectivity index (χ1v) is 7.31. The summed E-state index contributed by atoms with van der Waals surface area (Å²) in [6.07, 6.45) is 7.24. The lowest BCUT2D eigenvalue weighted by Gasteiger charge is -2.38. The normalized spacial score (nSPS) is 30.4. The molecule has 0 aromatic rings. The van der Waals surface area contributed by atoms with Crippen molar-refractivity contribution in [3.63, 3.8) is 0 Å². The van der Waals surface area contributed by atoms with Crippen molar-refractivity contribution in [1.29, 1.82) is 0 Å². The topological polar surface area (TPSA) is 24.5 Å². The minimum Gasteiger partial charge on any atom is -0.374 e. The molecule has 17 heavy (non-hydrogen) atoms. The van der Waals surface area contributed by atoms with Gasteiger partial charge in [-0.1, -0.05) is 26.2 Å². The molecule has 1 saturated carbocycles. The predicted molar refractivity (Wildman–Crippen MR) is 71.3 cm³/mol. The summed E-state index contributed by atoms with van der Waals surface area (Å²) in [5.41, 5.74) is 0.371. The highest BCUT2D eigenvalue weighted by molar-refractivity contribution is 4.87. The molecule has 0 aromatic heterocycles. The van der Waals surface area contributed by atoms with Crippen LogP contribution in [-0.2, 0) is 4.74 Å². The molecule has 1 aliphatic heterocycles. The third-order valence-corrected chi connectivity index (χ3v) is 4.38. The lowest BCUT2D eigenvalue weighted by atomic mass is 9.83. The van der Waals surface area contributed by atoms with Gasteiger partial charge in [0, 0.05) is 25.2 Å². The summed E-state index contributed by atoms with van der Waals surface area (Å²) in [5.74, 6) is 0. The Kier molecular flexibility index (Phi) is 4.83. The number of nitrogens with one attached hydrogen (secondary N) is 1. The monoisotopic (exact) mass is 240 g/mol. The molecule has 1 aliphatic carbocycles. The van der Waals surface area contributed by atoms with Crippen molar-refractivity contribution >= 4 is 0 Å². The summed E-state index contributed by atoms with van der Waals surface area (Å²) in [4.78, 5) is 2.49. The molecule has 0 aromatic carbocycles. The van der Waals surface area contributed by atoms with Crippen LogP contribution < -0.4 is 5.32 Å². The summed E-state index contributed by atoms with van der Waals surface area (Å²) < 4.78 is 5.84. The molecule has 3 heteroatoms. The van der Waals surface area contributed by atoms with E-state index >= 15 is 0 Å². The van der Waals surface area contributed by atoms with Crippen LogP contribution in [0.1, 0.15) is 46.0 Å². The van der Waals surface area contributed by atoms with Crippen molar-refractivity contribution in [2.24, 2.45) is 0 Å². The zero-order valence-electron chi connectivity index (χ0n) is 11.5. The van der Waals surface area contributed by atoms with Gasteiger partial charge in [0.2, 0.25) is 0 Å². The van der Waals surface area contributed by atoms with E-state index in [1.807, 2.05) is 0 Å². The van der Waals surface area contributed by atoms with Crippen LogP contribution >= 0.6 is 0 Å². The van der Waals surface area contributed by atoms with Gasteiger partial charge >= 0.3 is 0 Å². The average molecular weight is 240 g/mol. The van der Waals surface area contributed by atoms with Gasteiger partial charge in [0.15, 0.2) is 0 Å². The van der Waals surface area contributed by atoms with E-state index in [2.05, 4.69) is 24.1 Å². The van der Waals surface area contributed by atoms with E-state index in [4.69, 9.17) is 4.74 Å². The molecule has 0 spiro atoms. The van der Waals surface area contributed by atoms with Gasteiger partial charge in [-0.3, -0.25) is 4.90 Å². The second kappa shape index (κ2) is 6.17. The van der Waals surface area contributed by atoms with Gasteiger partial charge in [-0.15, -0.1) is 0 Å². The lowest BCUT2D eigenvalue weighted by molar-refractivity contribution is -0.0292. The van der Waals surface area contributed by atoms with E-state index in [1.54, 1.807) is 0 Å². The number of ether oxygens (including phenoxy) is 1. The number of likely N-dealkylation sites (N-methyl/N-ethyl adjacent to an activating group) is 1. The van der Waals surface area contributed by atoms with Crippen molar-refractivity contribution in [1.82, 2.24) is 10.2 Å². The minimum absolute atomic E-state index is 0.371. The Morgan fingerprint density at radius 3 is 2.76 bits per heavy atom. The van der Waals surface area contributed by atoms with Gasteiger partial charge < -0.3 is 10.1 Å². The molecule has 0 amide bonds. The third-order valence-electron chi connectivity index (χ3n) is 4.38. The first kappa shape index (κ1) is 13.3. The van der Waals surface area contributed by atoms with Crippen molar-refractivity contribution in [3.8, 4) is 0 Å². The first-order valence-electron chi connectivity index (χ1n) is 7.31. The van der Waals surface area contributed by atoms with Gasteiger partial charge in [-0.25, -0.2) is 0 Å². The Labute approximate surface area is 106 Å². The highest BCUT2D eigenvalue weighted by Gasteiger charge is 2.28. The smallest absolute Gasteiger partial charge is 0.0826 e. The maximum Gasteiger partial charge on any atom is 0.0826 e. The Balaban J connectivity index is 1.73. The van der Waals surface area contributed by atoms with Gasteiger partial charge in [0.25, 0.3) is 0 Å². The number of rotatable bonds is 4. The molecule has 2 aliphatic rings. The van der Waals surface area contributed by atoms with Crippen LogP contribution in [0.3, 0.4) is 0 Å². The summed E-state index contributed by atoms with van der Waals surface area (Å²) in [7, 11) is 0. The largest absolute Gasteiger partial charge is 0.374 e. The Hall–Kier alpha value is -0.120. The zero-order chi connectivity index (χ0) is 12.1. The van der Waals surface area contributed by atoms with Crippen molar-refractivity contribution < 1.29 is 4.74 Å². The van der Waals surface area contributed by atoms with Gasteiger partial charge in [0.1, 0.15) is 0 Å². The molecular formula is C14H28N2O. The third kappa shape index (κ3) is 3.94. The standard InChI is InChI=1S/C14H28N2O/c1-3-16-9-10-17-13(12-16)11-15-14(2)7-5-4-6-8-14/h13,15H,3-12H2,1-2H3. The maximum atomic E-state index is 5.84. The minimum atomic E-state index is 0.371. The Morgan fingerprint density at radius 2 is 2.06 bits per heavy atom. The van der Waals surface area contributed by atoms with Crippen molar-refractivity contribution in [2.75, 3.05) is 32.8 Å². The van der Waals surface area contributed by atoms with Crippen LogP contribution in [0.5, 0.6) is 0 Å². The Morgan fingerprint density at radius 1 is 1.29 bits per heavy atom. The van der Waals surface area contributed by atoms with Crippen LogP contribution in [0.25, 0.3) is 0 Å². The molecule has 1 atom stereocenters. The average Bonchev–Trinajstić information content (AvgIpc) is 2.38. The number of nitrogens with zero attached hydrogens (tertiary/aromatic N) is 1. The summed E-state index contributed by atoms with van der Waals surface area (Å²) >= 11 is 0. The highest BCUT2D eigenvalue weighted by Crippen LogP contribution is 2.27. The molecule has 2 rings (SSSR count).